The molecule has 0 bridgehead atoms. The Balaban J connectivity index is 1.18. The van der Waals surface area contributed by atoms with Crippen LogP contribution in [0.25, 0.3) is 0 Å². The van der Waals surface area contributed by atoms with Crippen LogP contribution >= 0.6 is 12.6 Å². The van der Waals surface area contributed by atoms with Crippen LogP contribution in [0.2, 0.25) is 0 Å². The van der Waals surface area contributed by atoms with Crippen LogP contribution in [0.4, 0.5) is 0 Å². The highest BCUT2D eigenvalue weighted by atomic mass is 32.1. The molecule has 0 aliphatic carbocycles. The Morgan fingerprint density at radius 3 is 1.12 bits per heavy atom. The van der Waals surface area contributed by atoms with Crippen molar-refractivity contribution in [2.45, 2.75) is 247 Å². The highest BCUT2D eigenvalue weighted by molar-refractivity contribution is 7.80. The summed E-state index contributed by atoms with van der Waals surface area (Å²) in [6.45, 7) is 5.59. The van der Waals surface area contributed by atoms with Gasteiger partial charge < -0.3 is 153 Å². The van der Waals surface area contributed by atoms with Crippen molar-refractivity contribution >= 4 is 137 Å². The fourth-order valence-electron chi connectivity index (χ4n) is 15.4. The lowest BCUT2D eigenvalue weighted by atomic mass is 10.0. The van der Waals surface area contributed by atoms with Gasteiger partial charge in [-0.15, -0.1) is 0 Å². The summed E-state index contributed by atoms with van der Waals surface area (Å²) in [4.78, 5) is 293. The van der Waals surface area contributed by atoms with Crippen LogP contribution in [0.1, 0.15) is 134 Å². The summed E-state index contributed by atoms with van der Waals surface area (Å²) in [6.07, 6.45) is -4.13. The number of rotatable bonds is 58. The lowest BCUT2D eigenvalue weighted by Crippen LogP contribution is -2.62. The smallest absolute Gasteiger partial charge is 0.326 e. The van der Waals surface area contributed by atoms with Crippen molar-refractivity contribution in [2.75, 3.05) is 45.2 Å². The number of carbonyl (C=O) groups excluding carboxylic acids is 18. The van der Waals surface area contributed by atoms with E-state index in [1.807, 2.05) is 0 Å². The number of aliphatic carboxylic acids is 3. The largest absolute Gasteiger partial charge is 0.508 e. The number of thiol groups is 1. The Bertz CT molecular complexity index is 5160. The van der Waals surface area contributed by atoms with Gasteiger partial charge in [0, 0.05) is 44.5 Å². The van der Waals surface area contributed by atoms with E-state index in [4.69, 9.17) is 17.2 Å². The highest BCUT2D eigenvalue weighted by Gasteiger charge is 2.45. The molecule has 2 fully saturated rings. The van der Waals surface area contributed by atoms with Gasteiger partial charge >= 0.3 is 17.9 Å². The monoisotopic (exact) mass is 2040 g/mol. The number of nitrogens with two attached hydrogens (primary N) is 3. The Morgan fingerprint density at radius 1 is 0.368 bits per heavy atom. The number of hydrogen-bond donors (Lipinski definition) is 28. The van der Waals surface area contributed by atoms with E-state index >= 15 is 4.79 Å². The molecule has 2 heterocycles. The number of carboxylic acids is 3. The summed E-state index contributed by atoms with van der Waals surface area (Å²) >= 11 is 4.28. The Kier molecular flexibility index (Phi) is 47.5. The molecule has 50 nitrogen and oxygen atoms in total. The van der Waals surface area contributed by atoms with Crippen LogP contribution in [0.3, 0.4) is 0 Å². The standard InChI is InChI=1S/C93H130N20O30S/c1-46(2)34-66(93(142)143)107-87(136)67(43-115)108-77(126)49(6)98-80(129)59(36-51-19-25-54(117)26-20-51)101-84(133)63(40-73(121)122)105-90(139)71-18-13-33-113(71)92(141)75(47(3)4)111-85(134)64(41-74(123)124)103-81(130)61(37-52-21-27-55(118)28-22-52)104-89(138)70-17-12-32-112(70)91(140)65(38-53-23-29-56(119)30-24-53)106-88(137)69(45-144)110-83(132)62(39-72(96)120)102-86(135)68(44-116)109-82(131)60(35-50-14-8-7-9-15-50)100-76(125)48(5)97-79(128)58(16-10-11-31-94)99-78(127)57(95)42-114/h7-9,14-15,19-30,46-49,57-71,75,114-119,144H,10-13,16-18,31-45,94-95H2,1-6H3,(H2,96,120)(H,97,128)(H,98,129)(H,99,127)(H,100,125)(H,101,133)(H,102,135)(H,103,130)(H,104,138)(H,105,139)(H,106,137)(H,107,136)(H,108,126)(H,109,131)(H,110,132)(H,111,134)(H,121,122)(H,123,124)(H,142,143). The van der Waals surface area contributed by atoms with Crippen molar-refractivity contribution in [1.29, 1.82) is 0 Å². The summed E-state index contributed by atoms with van der Waals surface area (Å²) in [6, 6.07) is -6.34. The molecule has 6 rings (SSSR count). The van der Waals surface area contributed by atoms with Gasteiger partial charge in [-0.2, -0.15) is 12.6 Å². The molecule has 2 aliphatic rings. The molecule has 0 radical (unpaired) electrons. The van der Waals surface area contributed by atoms with Gasteiger partial charge in [-0.3, -0.25) is 95.9 Å². The fourth-order valence-corrected chi connectivity index (χ4v) is 15.7. The SMILES string of the molecule is CC(C)CC(NC(=O)C(CO)NC(=O)C(C)NC(=O)C(Cc1ccc(O)cc1)NC(=O)C(CC(=O)O)NC(=O)C1CCCN1C(=O)C(NC(=O)C(CC(=O)O)NC(=O)C(Cc1ccc(O)cc1)NC(=O)C1CCCN1C(=O)C(Cc1ccc(O)cc1)NC(=O)C(CS)NC(=O)C(CC(N)=O)NC(=O)C(CO)NC(=O)C(Cc1ccccc1)NC(=O)C(C)NC(=O)C(CCCCN)NC(=O)C(N)CO)C(C)C)C(=O)O. The third-order valence-corrected chi connectivity index (χ3v) is 23.6. The van der Waals surface area contributed by atoms with Crippen molar-refractivity contribution in [1.82, 2.24) is 89.6 Å². The van der Waals surface area contributed by atoms with E-state index < -0.39 is 303 Å². The van der Waals surface area contributed by atoms with E-state index in [0.29, 0.717) is 24.0 Å². The van der Waals surface area contributed by atoms with Crippen molar-refractivity contribution < 1.29 is 147 Å². The average molecular weight is 2040 g/mol. The van der Waals surface area contributed by atoms with Crippen LogP contribution in [0.15, 0.2) is 103 Å². The van der Waals surface area contributed by atoms with E-state index in [0.717, 1.165) is 16.7 Å². The third kappa shape index (κ3) is 37.6. The van der Waals surface area contributed by atoms with Gasteiger partial charge in [0.15, 0.2) is 0 Å². The minimum atomic E-state index is -2.09. The second-order valence-corrected chi connectivity index (χ2v) is 35.9. The van der Waals surface area contributed by atoms with Crippen LogP contribution in [-0.4, -0.2) is 334 Å². The highest BCUT2D eigenvalue weighted by Crippen LogP contribution is 2.26. The zero-order chi connectivity index (χ0) is 107. The van der Waals surface area contributed by atoms with Crippen LogP contribution < -0.4 is 97.0 Å². The maximum atomic E-state index is 15.2. The van der Waals surface area contributed by atoms with Gasteiger partial charge in [0.2, 0.25) is 106 Å². The topological polar surface area (TPSA) is 806 Å². The Morgan fingerprint density at radius 2 is 0.701 bits per heavy atom. The zero-order valence-corrected chi connectivity index (χ0v) is 81.0. The normalized spacial score (nSPS) is 16.6. The second-order valence-electron chi connectivity index (χ2n) is 35.6. The number of aromatic hydroxyl groups is 3. The number of carbonyl (C=O) groups is 21. The van der Waals surface area contributed by atoms with Crippen molar-refractivity contribution in [3.8, 4) is 17.2 Å². The molecule has 2 saturated heterocycles. The molecule has 2 aliphatic heterocycles. The minimum absolute atomic E-state index is 0.0165. The number of carboxylic acid groups (broad SMARTS) is 3. The average Bonchev–Trinajstić information content (AvgIpc) is 1.62. The van der Waals surface area contributed by atoms with Gasteiger partial charge in [0.05, 0.1) is 39.1 Å². The molecule has 4 aromatic carbocycles. The Hall–Kier alpha value is -14.7. The van der Waals surface area contributed by atoms with E-state index in [-0.39, 0.29) is 98.9 Å². The van der Waals surface area contributed by atoms with E-state index in [1.54, 1.807) is 44.2 Å². The summed E-state index contributed by atoms with van der Waals surface area (Å²) in [5.41, 5.74) is 18.1. The first-order chi connectivity index (χ1) is 68.1. The Labute approximate surface area is 832 Å². The van der Waals surface area contributed by atoms with Gasteiger partial charge in [-0.1, -0.05) is 94.4 Å². The molecule has 0 aromatic heterocycles. The number of nitrogens with zero attached hydrogens (tertiary/aromatic N) is 2. The number of amides is 18. The first kappa shape index (κ1) is 118. The molecule has 18 amide bonds. The first-order valence-corrected chi connectivity index (χ1v) is 47.1. The van der Waals surface area contributed by atoms with Gasteiger partial charge in [0.25, 0.3) is 0 Å². The minimum Gasteiger partial charge on any atom is -0.508 e. The van der Waals surface area contributed by atoms with E-state index in [2.05, 4.69) is 92.4 Å². The van der Waals surface area contributed by atoms with Gasteiger partial charge in [0.1, 0.15) is 126 Å². The predicted molar refractivity (Wildman–Crippen MR) is 512 cm³/mol. The number of primary amides is 1. The number of phenolic OH excluding ortho intramolecular Hbond substituents is 3. The lowest BCUT2D eigenvalue weighted by molar-refractivity contribution is -0.145. The predicted octanol–water partition coefficient (Wildman–Crippen LogP) is -7.66. The van der Waals surface area contributed by atoms with Crippen molar-refractivity contribution in [3.63, 3.8) is 0 Å². The molecule has 0 saturated carbocycles. The number of benzene rings is 4. The number of nitrogens with one attached hydrogen (secondary N) is 15. The molecular formula is C93H130N20O30S. The first-order valence-electron chi connectivity index (χ1n) is 46.5. The van der Waals surface area contributed by atoms with Gasteiger partial charge in [-0.05, 0) is 142 Å². The molecule has 144 heavy (non-hydrogen) atoms. The molecule has 0 spiro atoms. The quantitative estimate of drug-likeness (QED) is 0.0144. The second kappa shape index (κ2) is 58.0. The van der Waals surface area contributed by atoms with Crippen LogP contribution in [0, 0.1) is 11.8 Å². The van der Waals surface area contributed by atoms with E-state index in [1.165, 1.54) is 93.6 Å². The zero-order valence-electron chi connectivity index (χ0n) is 80.1. The molecular weight excluding hydrogens is 1910 g/mol. The molecule has 788 valence electrons. The number of aliphatic hydroxyl groups is 3. The molecule has 51 heteroatoms. The van der Waals surface area contributed by atoms with Crippen LogP contribution in [-0.2, 0) is 126 Å². The lowest BCUT2D eigenvalue weighted by Gasteiger charge is -2.32. The summed E-state index contributed by atoms with van der Waals surface area (Å²) in [5, 5.41) is 126. The summed E-state index contributed by atoms with van der Waals surface area (Å²) in [7, 11) is 0. The molecule has 30 N–H and O–H groups in total. The van der Waals surface area contributed by atoms with Crippen molar-refractivity contribution in [2.24, 2.45) is 29.0 Å². The molecule has 4 aromatic rings. The number of aliphatic hydroxyl groups excluding tert-OH is 3. The molecule has 18 unspecified atom stereocenters. The fraction of sp³-hybridized carbons (Fsp3) is 0.516. The number of hydrogen-bond acceptors (Lipinski definition) is 30. The maximum absolute atomic E-state index is 15.2. The third-order valence-electron chi connectivity index (χ3n) is 23.3. The van der Waals surface area contributed by atoms with Gasteiger partial charge in [-0.25, -0.2) is 4.79 Å². The van der Waals surface area contributed by atoms with Crippen molar-refractivity contribution in [3.05, 3.63) is 125 Å². The number of unbranched alkanes of at least 4 members (excludes halogenated alkanes) is 1. The number of phenols is 3. The summed E-state index contributed by atoms with van der Waals surface area (Å²) < 4.78 is 0. The van der Waals surface area contributed by atoms with E-state index in [9.17, 15) is 142 Å². The summed E-state index contributed by atoms with van der Waals surface area (Å²) in [5.74, 6) is -27.0. The maximum Gasteiger partial charge on any atom is 0.326 e. The molecule has 18 atom stereocenters. The number of likely N-dealkylation sites (tertiary alicyclic amines) is 2. The van der Waals surface area contributed by atoms with Crippen LogP contribution in [0.5, 0.6) is 17.2 Å².